The molecular formula is C41H86N4O2S. The molecule has 0 aromatic carbocycles. The van der Waals surface area contributed by atoms with Gasteiger partial charge in [-0.2, -0.15) is 11.8 Å². The van der Waals surface area contributed by atoms with Gasteiger partial charge >= 0.3 is 0 Å². The van der Waals surface area contributed by atoms with Crippen molar-refractivity contribution in [2.45, 2.75) is 188 Å². The Kier molecular flexibility index (Phi) is 45.4. The Balaban J connectivity index is 0. The smallest absolute Gasteiger partial charge is 0.221 e. The average molecular weight is 699 g/mol. The van der Waals surface area contributed by atoms with Crippen molar-refractivity contribution in [2.24, 2.45) is 0 Å². The van der Waals surface area contributed by atoms with Gasteiger partial charge in [0, 0.05) is 50.7 Å². The molecule has 0 unspecified atom stereocenters. The highest BCUT2D eigenvalue weighted by Gasteiger charge is 2.08. The summed E-state index contributed by atoms with van der Waals surface area (Å²) in [5.41, 5.74) is 0. The number of carbonyl (C=O) groups is 2. The Morgan fingerprint density at radius 1 is 0.521 bits per heavy atom. The Labute approximate surface area is 305 Å². The normalized spacial score (nSPS) is 11.1. The van der Waals surface area contributed by atoms with E-state index in [0.29, 0.717) is 6.42 Å². The number of carbonyl (C=O) groups excluding carboxylic acids is 2. The molecule has 0 aliphatic rings. The molecule has 0 spiro atoms. The molecule has 0 aliphatic carbocycles. The maximum atomic E-state index is 12.2. The van der Waals surface area contributed by atoms with Gasteiger partial charge in [-0.1, -0.05) is 162 Å². The van der Waals surface area contributed by atoms with Crippen LogP contribution >= 0.6 is 11.8 Å². The maximum Gasteiger partial charge on any atom is 0.221 e. The molecule has 0 bridgehead atoms. The Morgan fingerprint density at radius 3 is 1.35 bits per heavy atom. The predicted molar refractivity (Wildman–Crippen MR) is 216 cm³/mol. The van der Waals surface area contributed by atoms with Gasteiger partial charge in [0.05, 0.1) is 0 Å². The minimum Gasteiger partial charge on any atom is -0.359 e. The zero-order valence-electron chi connectivity index (χ0n) is 33.2. The summed E-state index contributed by atoms with van der Waals surface area (Å²) < 4.78 is 0. The quantitative estimate of drug-likeness (QED) is 0.0496. The van der Waals surface area contributed by atoms with Crippen molar-refractivity contribution >= 4 is 24.1 Å². The van der Waals surface area contributed by atoms with E-state index in [0.717, 1.165) is 70.7 Å². The fourth-order valence-corrected chi connectivity index (χ4v) is 6.95. The van der Waals surface area contributed by atoms with Crippen molar-refractivity contribution in [3.8, 4) is 0 Å². The van der Waals surface area contributed by atoms with Crippen LogP contribution in [0.25, 0.3) is 0 Å². The molecule has 0 heterocycles. The standard InChI is InChI=1S/C26H55N3OS.C15H31NO/c1-5-7-8-9-10-11-12-13-14-15-16-17-19-27-26(30)18-21-29(20-6-2)23-25-31-24-22-28(3)4;1-2-3-4-5-6-7-8-9-10-11-12-13-14-16-15-17/h5-25H2,1-4H3,(H,27,30);15H,2-14H2,1H3,(H,16,17). The topological polar surface area (TPSA) is 64.7 Å². The van der Waals surface area contributed by atoms with Crippen LogP contribution in [0.3, 0.4) is 0 Å². The van der Waals surface area contributed by atoms with E-state index in [4.69, 9.17) is 0 Å². The highest BCUT2D eigenvalue weighted by molar-refractivity contribution is 7.99. The molecule has 0 rings (SSSR count). The van der Waals surface area contributed by atoms with Crippen LogP contribution in [-0.4, -0.2) is 87.0 Å². The van der Waals surface area contributed by atoms with Gasteiger partial charge < -0.3 is 20.4 Å². The van der Waals surface area contributed by atoms with Gasteiger partial charge in [-0.25, -0.2) is 0 Å². The number of hydrogen-bond donors (Lipinski definition) is 2. The van der Waals surface area contributed by atoms with Crippen molar-refractivity contribution in [3.63, 3.8) is 0 Å². The molecule has 6 nitrogen and oxygen atoms in total. The van der Waals surface area contributed by atoms with Gasteiger partial charge in [0.25, 0.3) is 0 Å². The Hall–Kier alpha value is -0.790. The molecule has 0 saturated heterocycles. The average Bonchev–Trinajstić information content (AvgIpc) is 3.07. The molecule has 0 saturated carbocycles. The first kappa shape index (κ1) is 49.3. The number of thioether (sulfide) groups is 1. The predicted octanol–water partition coefficient (Wildman–Crippen LogP) is 10.6. The van der Waals surface area contributed by atoms with E-state index in [-0.39, 0.29) is 5.91 Å². The van der Waals surface area contributed by atoms with Gasteiger partial charge in [-0.15, -0.1) is 0 Å². The van der Waals surface area contributed by atoms with Crippen LogP contribution in [0.4, 0.5) is 0 Å². The minimum absolute atomic E-state index is 0.226. The summed E-state index contributed by atoms with van der Waals surface area (Å²) in [6.45, 7) is 12.7. The van der Waals surface area contributed by atoms with Crippen molar-refractivity contribution in [3.05, 3.63) is 0 Å². The monoisotopic (exact) mass is 699 g/mol. The summed E-state index contributed by atoms with van der Waals surface area (Å²) in [6, 6.07) is 0. The minimum atomic E-state index is 0.226. The number of hydrogen-bond acceptors (Lipinski definition) is 5. The van der Waals surface area contributed by atoms with Crippen LogP contribution in [0.5, 0.6) is 0 Å². The van der Waals surface area contributed by atoms with Crippen LogP contribution in [0, 0.1) is 0 Å². The number of rotatable bonds is 38. The van der Waals surface area contributed by atoms with E-state index in [1.54, 1.807) is 0 Å². The molecule has 2 amide bonds. The third kappa shape index (κ3) is 45.2. The second kappa shape index (κ2) is 44.2. The zero-order chi connectivity index (χ0) is 35.6. The number of nitrogens with one attached hydrogen (secondary N) is 2. The first-order valence-electron chi connectivity index (χ1n) is 20.9. The molecule has 0 atom stereocenters. The number of unbranched alkanes of at least 4 members (excludes halogenated alkanes) is 22. The molecule has 288 valence electrons. The summed E-state index contributed by atoms with van der Waals surface area (Å²) in [5.74, 6) is 2.57. The van der Waals surface area contributed by atoms with E-state index in [2.05, 4.69) is 55.3 Å². The third-order valence-electron chi connectivity index (χ3n) is 9.04. The fraction of sp³-hybridized carbons (Fsp3) is 0.951. The summed E-state index contributed by atoms with van der Waals surface area (Å²) >= 11 is 2.02. The molecule has 0 aliphatic heterocycles. The first-order chi connectivity index (χ1) is 23.5. The Bertz CT molecular complexity index is 623. The summed E-state index contributed by atoms with van der Waals surface area (Å²) in [4.78, 5) is 26.8. The highest BCUT2D eigenvalue weighted by Crippen LogP contribution is 2.13. The number of amides is 2. The number of nitrogens with zero attached hydrogens (tertiary/aromatic N) is 2. The van der Waals surface area contributed by atoms with E-state index in [1.807, 2.05) is 11.8 Å². The highest BCUT2D eigenvalue weighted by atomic mass is 32.2. The molecule has 0 radical (unpaired) electrons. The van der Waals surface area contributed by atoms with Crippen LogP contribution < -0.4 is 10.6 Å². The van der Waals surface area contributed by atoms with Crippen LogP contribution in [0.15, 0.2) is 0 Å². The summed E-state index contributed by atoms with van der Waals surface area (Å²) in [5, 5.41) is 5.83. The fourth-order valence-electron chi connectivity index (χ4n) is 5.86. The van der Waals surface area contributed by atoms with Crippen molar-refractivity contribution in [2.75, 3.05) is 64.9 Å². The van der Waals surface area contributed by atoms with Gasteiger partial charge in [-0.3, -0.25) is 9.59 Å². The second-order valence-corrected chi connectivity index (χ2v) is 15.4. The van der Waals surface area contributed by atoms with Crippen molar-refractivity contribution < 1.29 is 9.59 Å². The SMILES string of the molecule is CCCCCCCCCCCCCCNC(=O)CCN(CCC)CCSCCN(C)C.CCCCCCCCCCCCCCNC=O. The molecule has 0 aromatic rings. The Morgan fingerprint density at radius 2 is 0.938 bits per heavy atom. The molecule has 48 heavy (non-hydrogen) atoms. The first-order valence-corrected chi connectivity index (χ1v) is 22.1. The van der Waals surface area contributed by atoms with E-state index >= 15 is 0 Å². The van der Waals surface area contributed by atoms with Gasteiger partial charge in [0.2, 0.25) is 12.3 Å². The third-order valence-corrected chi connectivity index (χ3v) is 9.98. The lowest BCUT2D eigenvalue weighted by Crippen LogP contribution is -2.33. The van der Waals surface area contributed by atoms with Gasteiger partial charge in [0.15, 0.2) is 0 Å². The van der Waals surface area contributed by atoms with Gasteiger partial charge in [-0.05, 0) is 39.9 Å². The zero-order valence-corrected chi connectivity index (χ0v) is 34.1. The van der Waals surface area contributed by atoms with Crippen LogP contribution in [0.2, 0.25) is 0 Å². The van der Waals surface area contributed by atoms with Gasteiger partial charge in [0.1, 0.15) is 0 Å². The lowest BCUT2D eigenvalue weighted by molar-refractivity contribution is -0.121. The van der Waals surface area contributed by atoms with E-state index < -0.39 is 0 Å². The van der Waals surface area contributed by atoms with Crippen molar-refractivity contribution in [1.82, 2.24) is 20.4 Å². The summed E-state index contributed by atoms with van der Waals surface area (Å²) in [6.07, 6.45) is 35.3. The van der Waals surface area contributed by atoms with E-state index in [9.17, 15) is 9.59 Å². The summed E-state index contributed by atoms with van der Waals surface area (Å²) in [7, 11) is 4.25. The molecule has 0 aromatic heterocycles. The largest absolute Gasteiger partial charge is 0.359 e. The maximum absolute atomic E-state index is 12.2. The van der Waals surface area contributed by atoms with Crippen molar-refractivity contribution in [1.29, 1.82) is 0 Å². The van der Waals surface area contributed by atoms with Crippen LogP contribution in [0.1, 0.15) is 188 Å². The molecular weight excluding hydrogens is 613 g/mol. The second-order valence-electron chi connectivity index (χ2n) is 14.2. The molecule has 7 heteroatoms. The lowest BCUT2D eigenvalue weighted by atomic mass is 10.1. The lowest BCUT2D eigenvalue weighted by Gasteiger charge is -2.21. The van der Waals surface area contributed by atoms with E-state index in [1.165, 1.54) is 147 Å². The van der Waals surface area contributed by atoms with Crippen LogP contribution in [-0.2, 0) is 9.59 Å². The molecule has 0 fully saturated rings. The molecule has 2 N–H and O–H groups in total.